The lowest BCUT2D eigenvalue weighted by Crippen LogP contribution is -2.36. The second-order valence-electron chi connectivity index (χ2n) is 4.33. The highest BCUT2D eigenvalue weighted by molar-refractivity contribution is 5.55. The molecule has 4 heteroatoms. The Hall–Kier alpha value is -1.32. The minimum absolute atomic E-state index is 0.0789. The van der Waals surface area contributed by atoms with E-state index in [1.54, 1.807) is 0 Å². The molecule has 1 rings (SSSR count). The molecule has 1 aromatic carbocycles. The molecule has 0 radical (unpaired) electrons. The van der Waals surface area contributed by atoms with Gasteiger partial charge in [-0.15, -0.1) is 0 Å². The summed E-state index contributed by atoms with van der Waals surface area (Å²) < 4.78 is 27.3. The third-order valence-electron chi connectivity index (χ3n) is 3.48. The maximum atomic E-state index is 13.7. The zero-order chi connectivity index (χ0) is 13.1. The average molecular weight is 242 g/mol. The van der Waals surface area contributed by atoms with Crippen LogP contribution in [-0.2, 0) is 0 Å². The highest BCUT2D eigenvalue weighted by Gasteiger charge is 2.26. The van der Waals surface area contributed by atoms with Crippen molar-refractivity contribution in [2.24, 2.45) is 0 Å². The average Bonchev–Trinajstić information content (AvgIpc) is 2.29. The van der Waals surface area contributed by atoms with Gasteiger partial charge in [0, 0.05) is 11.2 Å². The van der Waals surface area contributed by atoms with Crippen LogP contribution in [0.1, 0.15) is 40.0 Å². The fourth-order valence-electron chi connectivity index (χ4n) is 1.99. The van der Waals surface area contributed by atoms with E-state index in [1.165, 1.54) is 0 Å². The molecule has 0 heterocycles. The fraction of sp³-hybridized carbons (Fsp3) is 0.538. The molecule has 0 saturated carbocycles. The number of benzene rings is 1. The van der Waals surface area contributed by atoms with Crippen molar-refractivity contribution in [2.75, 3.05) is 11.1 Å². The lowest BCUT2D eigenvalue weighted by molar-refractivity contribution is 0.414. The van der Waals surface area contributed by atoms with Crippen LogP contribution >= 0.6 is 0 Å². The van der Waals surface area contributed by atoms with Crippen LogP contribution in [-0.4, -0.2) is 5.54 Å². The lowest BCUT2D eigenvalue weighted by atomic mass is 9.89. The molecule has 3 N–H and O–H groups in total. The molecule has 0 aliphatic rings. The Morgan fingerprint density at radius 1 is 1.06 bits per heavy atom. The first-order chi connectivity index (χ1) is 7.98. The summed E-state index contributed by atoms with van der Waals surface area (Å²) >= 11 is 0. The van der Waals surface area contributed by atoms with Gasteiger partial charge in [0.2, 0.25) is 0 Å². The van der Waals surface area contributed by atoms with Gasteiger partial charge in [-0.1, -0.05) is 20.8 Å². The van der Waals surface area contributed by atoms with Gasteiger partial charge in [0.05, 0.1) is 0 Å². The normalized spacial score (nSPS) is 11.6. The summed E-state index contributed by atoms with van der Waals surface area (Å²) in [6, 6.07) is 2.27. The molecule has 1 aromatic rings. The first kappa shape index (κ1) is 13.7. The third kappa shape index (κ3) is 2.87. The standard InChI is InChI=1S/C13H20F2N2/c1-4-13(5-2,6-3)17-12-10(14)7-9(16)8-11(12)15/h7-8,17H,4-6,16H2,1-3H3. The Kier molecular flexibility index (Phi) is 4.32. The third-order valence-corrected chi connectivity index (χ3v) is 3.48. The minimum Gasteiger partial charge on any atom is -0.399 e. The molecular formula is C13H20F2N2. The Balaban J connectivity index is 3.09. The summed E-state index contributed by atoms with van der Waals surface area (Å²) in [5.41, 5.74) is 5.13. The van der Waals surface area contributed by atoms with Crippen LogP contribution in [0.25, 0.3) is 0 Å². The van der Waals surface area contributed by atoms with Crippen LogP contribution in [0, 0.1) is 11.6 Å². The molecule has 0 fully saturated rings. The largest absolute Gasteiger partial charge is 0.399 e. The number of nitrogen functional groups attached to an aromatic ring is 1. The first-order valence-electron chi connectivity index (χ1n) is 6.00. The summed E-state index contributed by atoms with van der Waals surface area (Å²) in [5, 5.41) is 3.00. The fourth-order valence-corrected chi connectivity index (χ4v) is 1.99. The van der Waals surface area contributed by atoms with Crippen molar-refractivity contribution >= 4 is 11.4 Å². The molecule has 96 valence electrons. The maximum absolute atomic E-state index is 13.7. The number of nitrogens with one attached hydrogen (secondary N) is 1. The van der Waals surface area contributed by atoms with Gasteiger partial charge >= 0.3 is 0 Å². The molecule has 0 aromatic heterocycles. The molecule has 0 saturated heterocycles. The first-order valence-corrected chi connectivity index (χ1v) is 6.00. The zero-order valence-electron chi connectivity index (χ0n) is 10.6. The van der Waals surface area contributed by atoms with Gasteiger partial charge in [0.1, 0.15) is 5.69 Å². The van der Waals surface area contributed by atoms with Crippen LogP contribution in [0.5, 0.6) is 0 Å². The van der Waals surface area contributed by atoms with Crippen LogP contribution in [0.15, 0.2) is 12.1 Å². The van der Waals surface area contributed by atoms with Gasteiger partial charge in [-0.2, -0.15) is 0 Å². The van der Waals surface area contributed by atoms with E-state index in [1.807, 2.05) is 20.8 Å². The lowest BCUT2D eigenvalue weighted by Gasteiger charge is -2.33. The predicted molar refractivity (Wildman–Crippen MR) is 68.0 cm³/mol. The van der Waals surface area contributed by atoms with Crippen LogP contribution in [0.3, 0.4) is 0 Å². The highest BCUT2D eigenvalue weighted by Crippen LogP contribution is 2.30. The summed E-state index contributed by atoms with van der Waals surface area (Å²) in [6.07, 6.45) is 2.43. The van der Waals surface area contributed by atoms with E-state index >= 15 is 0 Å². The van der Waals surface area contributed by atoms with E-state index < -0.39 is 11.6 Å². The summed E-state index contributed by atoms with van der Waals surface area (Å²) in [7, 11) is 0. The van der Waals surface area contributed by atoms with Crippen molar-refractivity contribution in [2.45, 2.75) is 45.6 Å². The Morgan fingerprint density at radius 3 is 1.82 bits per heavy atom. The summed E-state index contributed by atoms with van der Waals surface area (Å²) in [6.45, 7) is 6.02. The van der Waals surface area contributed by atoms with E-state index in [-0.39, 0.29) is 16.9 Å². The monoisotopic (exact) mass is 242 g/mol. The highest BCUT2D eigenvalue weighted by atomic mass is 19.1. The van der Waals surface area contributed by atoms with Gasteiger partial charge in [0.25, 0.3) is 0 Å². The SMILES string of the molecule is CCC(CC)(CC)Nc1c(F)cc(N)cc1F. The number of rotatable bonds is 5. The molecule has 0 atom stereocenters. The van der Waals surface area contributed by atoms with E-state index in [0.717, 1.165) is 31.4 Å². The van der Waals surface area contributed by atoms with E-state index in [0.29, 0.717) is 0 Å². The van der Waals surface area contributed by atoms with Crippen molar-refractivity contribution in [3.05, 3.63) is 23.8 Å². The smallest absolute Gasteiger partial charge is 0.151 e. The number of hydrogen-bond donors (Lipinski definition) is 2. The van der Waals surface area contributed by atoms with Crippen molar-refractivity contribution < 1.29 is 8.78 Å². The van der Waals surface area contributed by atoms with Crippen molar-refractivity contribution in [1.82, 2.24) is 0 Å². The molecule has 0 unspecified atom stereocenters. The van der Waals surface area contributed by atoms with Crippen LogP contribution < -0.4 is 11.1 Å². The molecule has 0 amide bonds. The summed E-state index contributed by atoms with van der Waals surface area (Å²) in [5.74, 6) is -1.27. The van der Waals surface area contributed by atoms with Crippen molar-refractivity contribution in [1.29, 1.82) is 0 Å². The molecule has 0 aliphatic heterocycles. The Labute approximate surface area is 101 Å². The van der Waals surface area contributed by atoms with Gasteiger partial charge in [-0.25, -0.2) is 8.78 Å². The molecule has 17 heavy (non-hydrogen) atoms. The van der Waals surface area contributed by atoms with Crippen molar-refractivity contribution in [3.63, 3.8) is 0 Å². The topological polar surface area (TPSA) is 38.0 Å². The maximum Gasteiger partial charge on any atom is 0.151 e. The van der Waals surface area contributed by atoms with E-state index in [9.17, 15) is 8.78 Å². The quantitative estimate of drug-likeness (QED) is 0.768. The second kappa shape index (κ2) is 5.34. The molecule has 0 aliphatic carbocycles. The molecule has 0 spiro atoms. The zero-order valence-corrected chi connectivity index (χ0v) is 10.6. The van der Waals surface area contributed by atoms with Crippen LogP contribution in [0.2, 0.25) is 0 Å². The van der Waals surface area contributed by atoms with E-state index in [4.69, 9.17) is 5.73 Å². The number of anilines is 2. The Bertz CT molecular complexity index is 356. The predicted octanol–water partition coefficient (Wildman–Crippen LogP) is 3.93. The summed E-state index contributed by atoms with van der Waals surface area (Å²) in [4.78, 5) is 0. The van der Waals surface area contributed by atoms with Gasteiger partial charge in [-0.3, -0.25) is 0 Å². The molecular weight excluding hydrogens is 222 g/mol. The van der Waals surface area contributed by atoms with E-state index in [2.05, 4.69) is 5.32 Å². The van der Waals surface area contributed by atoms with Gasteiger partial charge < -0.3 is 11.1 Å². The number of halogens is 2. The minimum atomic E-state index is -0.637. The molecule has 2 nitrogen and oxygen atoms in total. The molecule has 0 bridgehead atoms. The van der Waals surface area contributed by atoms with Crippen LogP contribution in [0.4, 0.5) is 20.2 Å². The van der Waals surface area contributed by atoms with Gasteiger partial charge in [0.15, 0.2) is 11.6 Å². The van der Waals surface area contributed by atoms with Crippen molar-refractivity contribution in [3.8, 4) is 0 Å². The number of hydrogen-bond acceptors (Lipinski definition) is 2. The number of nitrogens with two attached hydrogens (primary N) is 1. The second-order valence-corrected chi connectivity index (χ2v) is 4.33. The van der Waals surface area contributed by atoms with Gasteiger partial charge in [-0.05, 0) is 31.4 Å². The Morgan fingerprint density at radius 2 is 1.47 bits per heavy atom.